The highest BCUT2D eigenvalue weighted by molar-refractivity contribution is 5.92. The molecule has 0 radical (unpaired) electrons. The van der Waals surface area contributed by atoms with Gasteiger partial charge in [-0.25, -0.2) is 0 Å². The Morgan fingerprint density at radius 2 is 2.00 bits per heavy atom. The molecule has 2 aliphatic rings. The van der Waals surface area contributed by atoms with Gasteiger partial charge < -0.3 is 15.0 Å². The molecule has 1 N–H and O–H groups in total. The van der Waals surface area contributed by atoms with Crippen molar-refractivity contribution in [1.29, 1.82) is 0 Å². The number of pyridine rings is 1. The van der Waals surface area contributed by atoms with Crippen LogP contribution in [0.25, 0.3) is 0 Å². The van der Waals surface area contributed by atoms with E-state index in [4.69, 9.17) is 4.74 Å². The number of hydrogen-bond acceptors (Lipinski definition) is 5. The first-order valence-electron chi connectivity index (χ1n) is 8.92. The molecule has 3 rings (SSSR count). The van der Waals surface area contributed by atoms with Gasteiger partial charge in [-0.1, -0.05) is 6.07 Å². The lowest BCUT2D eigenvalue weighted by Crippen LogP contribution is -2.45. The van der Waals surface area contributed by atoms with E-state index >= 15 is 0 Å². The SMILES string of the molecule is CNC(=O)C1CN(C(=O)c2ccccn2)CCN(C2CCOCC2)C1. The van der Waals surface area contributed by atoms with Gasteiger partial charge in [0.1, 0.15) is 5.69 Å². The maximum absolute atomic E-state index is 12.8. The van der Waals surface area contributed by atoms with Crippen molar-refractivity contribution < 1.29 is 14.3 Å². The summed E-state index contributed by atoms with van der Waals surface area (Å²) in [5, 5.41) is 2.74. The number of aromatic nitrogens is 1. The van der Waals surface area contributed by atoms with Crippen LogP contribution in [0.1, 0.15) is 23.3 Å². The second-order valence-electron chi connectivity index (χ2n) is 6.62. The zero-order valence-corrected chi connectivity index (χ0v) is 14.7. The van der Waals surface area contributed by atoms with Gasteiger partial charge in [-0.3, -0.25) is 19.5 Å². The fourth-order valence-electron chi connectivity index (χ4n) is 3.63. The third kappa shape index (κ3) is 4.35. The van der Waals surface area contributed by atoms with Crippen molar-refractivity contribution in [2.24, 2.45) is 5.92 Å². The van der Waals surface area contributed by atoms with Crippen LogP contribution in [0.5, 0.6) is 0 Å². The molecule has 7 nitrogen and oxygen atoms in total. The molecule has 1 aromatic heterocycles. The molecule has 0 saturated carbocycles. The lowest BCUT2D eigenvalue weighted by Gasteiger charge is -2.34. The average Bonchev–Trinajstić information content (AvgIpc) is 2.91. The Labute approximate surface area is 148 Å². The Morgan fingerprint density at radius 1 is 1.20 bits per heavy atom. The molecule has 2 saturated heterocycles. The van der Waals surface area contributed by atoms with Crippen molar-refractivity contribution in [1.82, 2.24) is 20.1 Å². The first-order valence-corrected chi connectivity index (χ1v) is 8.92. The molecule has 25 heavy (non-hydrogen) atoms. The second-order valence-corrected chi connectivity index (χ2v) is 6.62. The van der Waals surface area contributed by atoms with E-state index in [0.29, 0.717) is 31.4 Å². The number of hydrogen-bond donors (Lipinski definition) is 1. The molecule has 3 heterocycles. The number of carbonyl (C=O) groups excluding carboxylic acids is 2. The van der Waals surface area contributed by atoms with Crippen molar-refractivity contribution in [3.63, 3.8) is 0 Å². The summed E-state index contributed by atoms with van der Waals surface area (Å²) in [5.41, 5.74) is 0.428. The van der Waals surface area contributed by atoms with Gasteiger partial charge in [0.05, 0.1) is 5.92 Å². The van der Waals surface area contributed by atoms with Crippen LogP contribution in [-0.2, 0) is 9.53 Å². The summed E-state index contributed by atoms with van der Waals surface area (Å²) in [4.78, 5) is 33.4. The Balaban J connectivity index is 1.75. The number of nitrogens with one attached hydrogen (secondary N) is 1. The lowest BCUT2D eigenvalue weighted by molar-refractivity contribution is -0.125. The molecular weight excluding hydrogens is 320 g/mol. The van der Waals surface area contributed by atoms with Gasteiger partial charge in [0.15, 0.2) is 0 Å². The summed E-state index contributed by atoms with van der Waals surface area (Å²) in [5.74, 6) is -0.357. The number of rotatable bonds is 3. The number of amides is 2. The van der Waals surface area contributed by atoms with Gasteiger partial charge in [-0.15, -0.1) is 0 Å². The van der Waals surface area contributed by atoms with E-state index < -0.39 is 0 Å². The summed E-state index contributed by atoms with van der Waals surface area (Å²) in [7, 11) is 1.65. The summed E-state index contributed by atoms with van der Waals surface area (Å²) < 4.78 is 5.46. The van der Waals surface area contributed by atoms with Crippen LogP contribution >= 0.6 is 0 Å². The number of nitrogens with zero attached hydrogens (tertiary/aromatic N) is 3. The Hall–Kier alpha value is -1.99. The van der Waals surface area contributed by atoms with E-state index in [2.05, 4.69) is 15.2 Å². The van der Waals surface area contributed by atoms with E-state index in [1.54, 1.807) is 30.3 Å². The minimum atomic E-state index is -0.233. The van der Waals surface area contributed by atoms with E-state index in [1.165, 1.54) is 0 Å². The molecule has 1 unspecified atom stereocenters. The quantitative estimate of drug-likeness (QED) is 0.856. The van der Waals surface area contributed by atoms with Gasteiger partial charge in [-0.05, 0) is 25.0 Å². The molecule has 2 aliphatic heterocycles. The molecule has 2 amide bonds. The zero-order valence-electron chi connectivity index (χ0n) is 14.7. The topological polar surface area (TPSA) is 74.8 Å². The van der Waals surface area contributed by atoms with Gasteiger partial charge in [0.2, 0.25) is 5.91 Å². The maximum Gasteiger partial charge on any atom is 0.272 e. The fraction of sp³-hybridized carbons (Fsp3) is 0.611. The van der Waals surface area contributed by atoms with Crippen molar-refractivity contribution in [2.75, 3.05) is 46.4 Å². The minimum Gasteiger partial charge on any atom is -0.381 e. The van der Waals surface area contributed by atoms with Crippen LogP contribution in [0.15, 0.2) is 24.4 Å². The predicted molar refractivity (Wildman–Crippen MR) is 93.1 cm³/mol. The fourth-order valence-corrected chi connectivity index (χ4v) is 3.63. The molecule has 7 heteroatoms. The van der Waals surface area contributed by atoms with Crippen LogP contribution in [0.4, 0.5) is 0 Å². The normalized spacial score (nSPS) is 23.1. The first-order chi connectivity index (χ1) is 12.2. The van der Waals surface area contributed by atoms with Crippen LogP contribution < -0.4 is 5.32 Å². The van der Waals surface area contributed by atoms with Crippen LogP contribution in [0.3, 0.4) is 0 Å². The van der Waals surface area contributed by atoms with Crippen molar-refractivity contribution in [2.45, 2.75) is 18.9 Å². The van der Waals surface area contributed by atoms with Crippen molar-refractivity contribution >= 4 is 11.8 Å². The van der Waals surface area contributed by atoms with Gasteiger partial charge in [-0.2, -0.15) is 0 Å². The van der Waals surface area contributed by atoms with Crippen molar-refractivity contribution in [3.8, 4) is 0 Å². The monoisotopic (exact) mass is 346 g/mol. The lowest BCUT2D eigenvalue weighted by atomic mass is 10.0. The Bertz CT molecular complexity index is 589. The highest BCUT2D eigenvalue weighted by Crippen LogP contribution is 2.20. The Kier molecular flexibility index (Phi) is 5.99. The van der Waals surface area contributed by atoms with Gasteiger partial charge in [0.25, 0.3) is 5.91 Å². The summed E-state index contributed by atoms with van der Waals surface area (Å²) in [6.07, 6.45) is 3.58. The van der Waals surface area contributed by atoms with Gasteiger partial charge in [0, 0.05) is 58.7 Å². The molecule has 1 aromatic rings. The van der Waals surface area contributed by atoms with E-state index in [-0.39, 0.29) is 17.7 Å². The molecule has 0 aromatic carbocycles. The highest BCUT2D eigenvalue weighted by Gasteiger charge is 2.33. The molecule has 0 bridgehead atoms. The van der Waals surface area contributed by atoms with Crippen LogP contribution in [0.2, 0.25) is 0 Å². The molecular formula is C18H26N4O3. The third-order valence-corrected chi connectivity index (χ3v) is 5.05. The highest BCUT2D eigenvalue weighted by atomic mass is 16.5. The summed E-state index contributed by atoms with van der Waals surface area (Å²) >= 11 is 0. The largest absolute Gasteiger partial charge is 0.381 e. The molecule has 2 fully saturated rings. The Morgan fingerprint density at radius 3 is 2.68 bits per heavy atom. The predicted octanol–water partition coefficient (Wildman–Crippen LogP) is 0.381. The summed E-state index contributed by atoms with van der Waals surface area (Å²) in [6.45, 7) is 4.02. The molecule has 0 aliphatic carbocycles. The molecule has 136 valence electrons. The van der Waals surface area contributed by atoms with Crippen LogP contribution in [-0.4, -0.2) is 79.1 Å². The molecule has 0 spiro atoms. The smallest absolute Gasteiger partial charge is 0.272 e. The van der Waals surface area contributed by atoms with Gasteiger partial charge >= 0.3 is 0 Å². The number of ether oxygens (including phenoxy) is 1. The third-order valence-electron chi connectivity index (χ3n) is 5.05. The standard InChI is InChI=1S/C18H26N4O3/c1-19-17(23)14-12-21(15-5-10-25-11-6-15)8-9-22(13-14)18(24)16-4-2-3-7-20-16/h2-4,7,14-15H,5-6,8-13H2,1H3,(H,19,23). The van der Waals surface area contributed by atoms with Crippen LogP contribution in [0, 0.1) is 5.92 Å². The second kappa shape index (κ2) is 8.40. The van der Waals surface area contributed by atoms with Crippen molar-refractivity contribution in [3.05, 3.63) is 30.1 Å². The van der Waals surface area contributed by atoms with E-state index in [1.807, 2.05) is 6.07 Å². The number of carbonyl (C=O) groups is 2. The summed E-state index contributed by atoms with van der Waals surface area (Å²) in [6, 6.07) is 5.74. The zero-order chi connectivity index (χ0) is 17.6. The average molecular weight is 346 g/mol. The maximum atomic E-state index is 12.8. The first kappa shape index (κ1) is 17.8. The van der Waals surface area contributed by atoms with E-state index in [0.717, 1.165) is 32.6 Å². The van der Waals surface area contributed by atoms with E-state index in [9.17, 15) is 9.59 Å². The molecule has 1 atom stereocenters. The minimum absolute atomic E-state index is 0.0159.